The second kappa shape index (κ2) is 17.6. The van der Waals surface area contributed by atoms with E-state index in [9.17, 15) is 4.79 Å². The van der Waals surface area contributed by atoms with Crippen molar-refractivity contribution in [3.8, 4) is 0 Å². The molecule has 0 spiro atoms. The maximum absolute atomic E-state index is 12.4. The Labute approximate surface area is 196 Å². The van der Waals surface area contributed by atoms with Crippen LogP contribution in [0.15, 0.2) is 64.1 Å². The predicted octanol–water partition coefficient (Wildman–Crippen LogP) is 5.27. The topological polar surface area (TPSA) is 91.9 Å². The first-order valence-electron chi connectivity index (χ1n) is 10.7. The van der Waals surface area contributed by atoms with Crippen molar-refractivity contribution in [2.75, 3.05) is 19.2 Å². The molecule has 0 heterocycles. The molecule has 0 saturated carbocycles. The molecule has 1 aromatic carbocycles. The Morgan fingerprint density at radius 3 is 2.38 bits per heavy atom. The maximum atomic E-state index is 12.4. The fourth-order valence-corrected chi connectivity index (χ4v) is 3.78. The van der Waals surface area contributed by atoms with Crippen molar-refractivity contribution in [2.45, 2.75) is 58.3 Å². The Bertz CT molecular complexity index is 774. The molecule has 1 aromatic rings. The minimum Gasteiger partial charge on any atom is -0.327 e. The van der Waals surface area contributed by atoms with Gasteiger partial charge in [-0.15, -0.1) is 11.8 Å². The second-order valence-electron chi connectivity index (χ2n) is 7.59. The minimum absolute atomic E-state index is 0.0348. The summed E-state index contributed by atoms with van der Waals surface area (Å²) < 4.78 is 0. The summed E-state index contributed by atoms with van der Waals surface area (Å²) in [5, 5.41) is 10.9. The molecule has 7 nitrogen and oxygen atoms in total. The van der Waals surface area contributed by atoms with Gasteiger partial charge in [0.05, 0.1) is 5.56 Å². The number of nitrogens with one attached hydrogen (secondary N) is 3. The molecule has 0 fully saturated rings. The quantitative estimate of drug-likeness (QED) is 0.0872. The summed E-state index contributed by atoms with van der Waals surface area (Å²) in [6.45, 7) is 8.53. The standard InChI is InChI=1S/C24H37N3O4S/c1-19(2)9-7-10-20(3)11-8-12-21(4)15-16-32-23-14-6-5-13-22(23)24(28)25-17-30-26-18-31-27-29/h5-6,9,11,13-15,26-27,29H,7-8,10,12,16-18H2,1-4H3,(H,25,28). The number of allylic oxidation sites excluding steroid dienone is 5. The molecular weight excluding hydrogens is 426 g/mol. The zero-order chi connectivity index (χ0) is 23.6. The largest absolute Gasteiger partial charge is 0.327 e. The number of carbonyl (C=O) groups excluding carboxylic acids is 1. The smallest absolute Gasteiger partial charge is 0.254 e. The third-order valence-electron chi connectivity index (χ3n) is 4.53. The second-order valence-corrected chi connectivity index (χ2v) is 8.65. The average molecular weight is 464 g/mol. The van der Waals surface area contributed by atoms with Crippen molar-refractivity contribution in [3.05, 3.63) is 64.8 Å². The molecule has 0 saturated heterocycles. The lowest BCUT2D eigenvalue weighted by Crippen LogP contribution is -2.32. The van der Waals surface area contributed by atoms with Gasteiger partial charge >= 0.3 is 0 Å². The molecule has 1 amide bonds. The summed E-state index contributed by atoms with van der Waals surface area (Å²) in [5.74, 6) is 0.591. The van der Waals surface area contributed by atoms with Crippen LogP contribution in [0, 0.1) is 0 Å². The lowest BCUT2D eigenvalue weighted by molar-refractivity contribution is -0.162. The van der Waals surface area contributed by atoms with Crippen LogP contribution in [0.25, 0.3) is 0 Å². The number of carbonyl (C=O) groups is 1. The Hall–Kier alpha value is -1.94. The zero-order valence-electron chi connectivity index (χ0n) is 19.6. The first-order chi connectivity index (χ1) is 15.4. The van der Waals surface area contributed by atoms with Gasteiger partial charge in [-0.05, 0) is 65.5 Å². The van der Waals surface area contributed by atoms with Crippen LogP contribution in [0.3, 0.4) is 0 Å². The van der Waals surface area contributed by atoms with E-state index in [4.69, 9.17) is 10.0 Å². The molecule has 1 rings (SSSR count). The SMILES string of the molecule is CC(C)=CCCC(C)=CCCC(C)=CCSc1ccccc1C(=O)NCONCONO. The lowest BCUT2D eigenvalue weighted by atomic mass is 10.1. The number of hydrogen-bond acceptors (Lipinski definition) is 7. The number of thioether (sulfide) groups is 1. The summed E-state index contributed by atoms with van der Waals surface area (Å²) in [6, 6.07) is 7.51. The van der Waals surface area contributed by atoms with Crippen molar-refractivity contribution >= 4 is 17.7 Å². The molecular formula is C24H37N3O4S. The van der Waals surface area contributed by atoms with Crippen molar-refractivity contribution in [1.29, 1.82) is 0 Å². The molecule has 0 aliphatic heterocycles. The van der Waals surface area contributed by atoms with Crippen molar-refractivity contribution in [3.63, 3.8) is 0 Å². The van der Waals surface area contributed by atoms with E-state index < -0.39 is 0 Å². The Morgan fingerprint density at radius 2 is 1.66 bits per heavy atom. The van der Waals surface area contributed by atoms with Gasteiger partial charge < -0.3 is 5.32 Å². The summed E-state index contributed by atoms with van der Waals surface area (Å²) in [6.07, 6.45) is 11.2. The minimum atomic E-state index is -0.217. The third-order valence-corrected chi connectivity index (χ3v) is 5.53. The fourth-order valence-electron chi connectivity index (χ4n) is 2.74. The highest BCUT2D eigenvalue weighted by Crippen LogP contribution is 2.23. The average Bonchev–Trinajstić information content (AvgIpc) is 2.76. The van der Waals surface area contributed by atoms with Crippen LogP contribution in [0.2, 0.25) is 0 Å². The van der Waals surface area contributed by atoms with Gasteiger partial charge in [-0.1, -0.05) is 52.7 Å². The van der Waals surface area contributed by atoms with E-state index in [-0.39, 0.29) is 19.4 Å². The maximum Gasteiger partial charge on any atom is 0.254 e. The van der Waals surface area contributed by atoms with E-state index in [0.29, 0.717) is 5.56 Å². The van der Waals surface area contributed by atoms with E-state index in [0.717, 1.165) is 36.3 Å². The van der Waals surface area contributed by atoms with Crippen LogP contribution in [0.5, 0.6) is 0 Å². The van der Waals surface area contributed by atoms with Gasteiger partial charge in [-0.3, -0.25) is 19.7 Å². The van der Waals surface area contributed by atoms with E-state index in [1.807, 2.05) is 18.2 Å². The van der Waals surface area contributed by atoms with Crippen LogP contribution < -0.4 is 16.4 Å². The van der Waals surface area contributed by atoms with E-state index in [1.165, 1.54) is 22.4 Å². The van der Waals surface area contributed by atoms with E-state index in [1.54, 1.807) is 17.8 Å². The first kappa shape index (κ1) is 28.1. The monoisotopic (exact) mass is 463 g/mol. The first-order valence-corrected chi connectivity index (χ1v) is 11.7. The van der Waals surface area contributed by atoms with Crippen LogP contribution in [-0.2, 0) is 9.68 Å². The predicted molar refractivity (Wildman–Crippen MR) is 130 cm³/mol. The van der Waals surface area contributed by atoms with Crippen LogP contribution in [0.1, 0.15) is 63.7 Å². The van der Waals surface area contributed by atoms with Gasteiger partial charge in [0.2, 0.25) is 0 Å². The molecule has 0 bridgehead atoms. The van der Waals surface area contributed by atoms with Gasteiger partial charge in [0, 0.05) is 10.6 Å². The Balaban J connectivity index is 2.42. The molecule has 32 heavy (non-hydrogen) atoms. The molecule has 0 unspecified atom stereocenters. The number of rotatable bonds is 16. The molecule has 0 radical (unpaired) electrons. The van der Waals surface area contributed by atoms with Crippen LogP contribution in [0.4, 0.5) is 0 Å². The van der Waals surface area contributed by atoms with Crippen molar-refractivity contribution < 1.29 is 19.7 Å². The highest BCUT2D eigenvalue weighted by atomic mass is 32.2. The zero-order valence-corrected chi connectivity index (χ0v) is 20.4. The van der Waals surface area contributed by atoms with Gasteiger partial charge in [0.25, 0.3) is 5.91 Å². The molecule has 0 aliphatic carbocycles. The van der Waals surface area contributed by atoms with E-state index in [2.05, 4.69) is 61.6 Å². The van der Waals surface area contributed by atoms with Gasteiger partial charge in [0.1, 0.15) is 13.5 Å². The molecule has 4 N–H and O–H groups in total. The summed E-state index contributed by atoms with van der Waals surface area (Å²) >= 11 is 1.64. The van der Waals surface area contributed by atoms with Crippen molar-refractivity contribution in [1.82, 2.24) is 16.4 Å². The van der Waals surface area contributed by atoms with Crippen LogP contribution in [-0.4, -0.2) is 30.3 Å². The van der Waals surface area contributed by atoms with E-state index >= 15 is 0 Å². The third kappa shape index (κ3) is 13.5. The lowest BCUT2D eigenvalue weighted by Gasteiger charge is -2.10. The van der Waals surface area contributed by atoms with Gasteiger partial charge in [-0.2, -0.15) is 5.48 Å². The number of hydroxylamine groups is 1. The van der Waals surface area contributed by atoms with Gasteiger partial charge in [-0.25, -0.2) is 0 Å². The molecule has 8 heteroatoms. The number of benzene rings is 1. The van der Waals surface area contributed by atoms with Gasteiger partial charge in [0.15, 0.2) is 0 Å². The molecule has 0 aliphatic rings. The molecule has 0 atom stereocenters. The summed E-state index contributed by atoms with van der Waals surface area (Å²) in [7, 11) is 0. The Morgan fingerprint density at radius 1 is 0.969 bits per heavy atom. The Kier molecular flexibility index (Phi) is 15.4. The molecule has 178 valence electrons. The fraction of sp³-hybridized carbons (Fsp3) is 0.458. The highest BCUT2D eigenvalue weighted by molar-refractivity contribution is 7.99. The highest BCUT2D eigenvalue weighted by Gasteiger charge is 2.10. The summed E-state index contributed by atoms with van der Waals surface area (Å²) in [4.78, 5) is 22.7. The molecule has 0 aromatic heterocycles. The normalized spacial score (nSPS) is 12.0. The number of hydrogen-bond donors (Lipinski definition) is 4. The number of amides is 1. The van der Waals surface area contributed by atoms with Crippen LogP contribution >= 0.6 is 11.8 Å². The van der Waals surface area contributed by atoms with Crippen molar-refractivity contribution in [2.24, 2.45) is 0 Å². The summed E-state index contributed by atoms with van der Waals surface area (Å²) in [5.41, 5.74) is 8.71.